The summed E-state index contributed by atoms with van der Waals surface area (Å²) in [6.07, 6.45) is 3.15. The third-order valence-electron chi connectivity index (χ3n) is 3.45. The lowest BCUT2D eigenvalue weighted by molar-refractivity contribution is -0.134. The molecule has 3 amide bonds. The molecule has 0 unspecified atom stereocenters. The van der Waals surface area contributed by atoms with Crippen LogP contribution < -0.4 is 5.32 Å². The molecule has 0 bridgehead atoms. The maximum Gasteiger partial charge on any atom is 0.325 e. The van der Waals surface area contributed by atoms with Gasteiger partial charge in [-0.05, 0) is 12.8 Å². The first-order valence-corrected chi connectivity index (χ1v) is 5.46. The Morgan fingerprint density at radius 1 is 1.27 bits per heavy atom. The average molecular weight is 210 g/mol. The van der Waals surface area contributed by atoms with E-state index < -0.39 is 5.54 Å². The maximum atomic E-state index is 12.2. The fourth-order valence-electron chi connectivity index (χ4n) is 2.36. The lowest BCUT2D eigenvalue weighted by Crippen LogP contribution is -2.51. The van der Waals surface area contributed by atoms with E-state index in [1.165, 1.54) is 4.90 Å². The molecule has 3 fully saturated rings. The standard InChI is InChI=1S/C10H14N2O3/c13-8-10(3-5-15-6-4-10)11-9(14)12(8)7-1-2-7/h7H,1-6H2,(H,11,14). The molecule has 2 aliphatic heterocycles. The molecule has 3 aliphatic rings. The minimum absolute atomic E-state index is 0.0294. The quantitative estimate of drug-likeness (QED) is 0.631. The van der Waals surface area contributed by atoms with E-state index in [1.807, 2.05) is 0 Å². The fourth-order valence-corrected chi connectivity index (χ4v) is 2.36. The van der Waals surface area contributed by atoms with Crippen molar-refractivity contribution in [2.45, 2.75) is 37.3 Å². The first kappa shape index (κ1) is 9.15. The Morgan fingerprint density at radius 2 is 1.93 bits per heavy atom. The van der Waals surface area contributed by atoms with Crippen LogP contribution in [0.4, 0.5) is 4.79 Å². The Kier molecular flexibility index (Phi) is 1.80. The molecule has 0 aromatic carbocycles. The number of hydrogen-bond donors (Lipinski definition) is 1. The lowest BCUT2D eigenvalue weighted by Gasteiger charge is -2.30. The van der Waals surface area contributed by atoms with E-state index >= 15 is 0 Å². The van der Waals surface area contributed by atoms with Crippen LogP contribution in [0.15, 0.2) is 0 Å². The summed E-state index contributed by atoms with van der Waals surface area (Å²) in [4.78, 5) is 25.3. The third-order valence-corrected chi connectivity index (χ3v) is 3.45. The van der Waals surface area contributed by atoms with Crippen molar-refractivity contribution in [2.24, 2.45) is 0 Å². The lowest BCUT2D eigenvalue weighted by atomic mass is 9.90. The first-order chi connectivity index (χ1) is 7.23. The van der Waals surface area contributed by atoms with E-state index in [0.717, 1.165) is 12.8 Å². The molecule has 1 spiro atoms. The predicted molar refractivity (Wildman–Crippen MR) is 51.2 cm³/mol. The Labute approximate surface area is 87.8 Å². The van der Waals surface area contributed by atoms with Gasteiger partial charge < -0.3 is 10.1 Å². The number of urea groups is 1. The van der Waals surface area contributed by atoms with Gasteiger partial charge in [0.25, 0.3) is 5.91 Å². The van der Waals surface area contributed by atoms with E-state index in [2.05, 4.69) is 5.32 Å². The van der Waals surface area contributed by atoms with Crippen molar-refractivity contribution in [3.05, 3.63) is 0 Å². The average Bonchev–Trinajstić information content (AvgIpc) is 3.00. The Hall–Kier alpha value is -1.10. The van der Waals surface area contributed by atoms with Gasteiger partial charge in [0.15, 0.2) is 0 Å². The SMILES string of the molecule is O=C1NC2(CCOCC2)C(=O)N1C1CC1. The van der Waals surface area contributed by atoms with Crippen LogP contribution in [0.25, 0.3) is 0 Å². The molecular weight excluding hydrogens is 196 g/mol. The summed E-state index contributed by atoms with van der Waals surface area (Å²) >= 11 is 0. The van der Waals surface area contributed by atoms with Crippen LogP contribution in [0.2, 0.25) is 0 Å². The number of ether oxygens (including phenoxy) is 1. The number of hydrogen-bond acceptors (Lipinski definition) is 3. The zero-order chi connectivity index (χ0) is 10.5. The van der Waals surface area contributed by atoms with Crippen molar-refractivity contribution in [1.82, 2.24) is 10.2 Å². The van der Waals surface area contributed by atoms with E-state index in [1.54, 1.807) is 0 Å². The van der Waals surface area contributed by atoms with Gasteiger partial charge >= 0.3 is 6.03 Å². The molecule has 1 N–H and O–H groups in total. The van der Waals surface area contributed by atoms with Crippen LogP contribution >= 0.6 is 0 Å². The number of carbonyl (C=O) groups excluding carboxylic acids is 2. The summed E-state index contributed by atoms with van der Waals surface area (Å²) < 4.78 is 5.23. The molecular formula is C10H14N2O3. The molecule has 3 rings (SSSR count). The second-order valence-corrected chi connectivity index (χ2v) is 4.53. The van der Waals surface area contributed by atoms with Gasteiger partial charge in [-0.3, -0.25) is 9.69 Å². The number of rotatable bonds is 1. The molecule has 2 saturated heterocycles. The van der Waals surface area contributed by atoms with Crippen LogP contribution in [0.1, 0.15) is 25.7 Å². The molecule has 5 nitrogen and oxygen atoms in total. The van der Waals surface area contributed by atoms with Crippen molar-refractivity contribution in [3.8, 4) is 0 Å². The molecule has 1 aliphatic carbocycles. The second kappa shape index (κ2) is 2.95. The summed E-state index contributed by atoms with van der Waals surface area (Å²) in [6, 6.07) is -0.0379. The van der Waals surface area contributed by atoms with Crippen LogP contribution in [-0.2, 0) is 9.53 Å². The minimum atomic E-state index is -0.641. The zero-order valence-corrected chi connectivity index (χ0v) is 8.49. The summed E-state index contributed by atoms with van der Waals surface area (Å²) in [5.74, 6) is -0.0294. The monoisotopic (exact) mass is 210 g/mol. The van der Waals surface area contributed by atoms with Crippen LogP contribution in [0.3, 0.4) is 0 Å². The van der Waals surface area contributed by atoms with Crippen molar-refractivity contribution in [2.75, 3.05) is 13.2 Å². The molecule has 82 valence electrons. The molecule has 0 atom stereocenters. The summed E-state index contributed by atoms with van der Waals surface area (Å²) in [5, 5.41) is 2.85. The second-order valence-electron chi connectivity index (χ2n) is 4.53. The van der Waals surface area contributed by atoms with E-state index in [4.69, 9.17) is 4.74 Å². The van der Waals surface area contributed by atoms with Gasteiger partial charge in [0.2, 0.25) is 0 Å². The highest BCUT2D eigenvalue weighted by atomic mass is 16.5. The van der Waals surface area contributed by atoms with E-state index in [-0.39, 0.29) is 18.0 Å². The Balaban J connectivity index is 1.86. The Morgan fingerprint density at radius 3 is 2.53 bits per heavy atom. The largest absolute Gasteiger partial charge is 0.381 e. The van der Waals surface area contributed by atoms with Crippen LogP contribution in [0.5, 0.6) is 0 Å². The molecule has 5 heteroatoms. The van der Waals surface area contributed by atoms with Crippen molar-refractivity contribution in [1.29, 1.82) is 0 Å². The van der Waals surface area contributed by atoms with Gasteiger partial charge in [0.05, 0.1) is 0 Å². The summed E-state index contributed by atoms with van der Waals surface area (Å²) in [6.45, 7) is 1.12. The molecule has 1 saturated carbocycles. The van der Waals surface area contributed by atoms with E-state index in [9.17, 15) is 9.59 Å². The zero-order valence-electron chi connectivity index (χ0n) is 8.49. The number of nitrogens with zero attached hydrogens (tertiary/aromatic N) is 1. The number of imide groups is 1. The molecule has 2 heterocycles. The minimum Gasteiger partial charge on any atom is -0.381 e. The van der Waals surface area contributed by atoms with Crippen LogP contribution in [-0.4, -0.2) is 41.6 Å². The van der Waals surface area contributed by atoms with Gasteiger partial charge in [0.1, 0.15) is 5.54 Å². The van der Waals surface area contributed by atoms with E-state index in [0.29, 0.717) is 26.1 Å². The van der Waals surface area contributed by atoms with Crippen LogP contribution in [0, 0.1) is 0 Å². The maximum absolute atomic E-state index is 12.2. The van der Waals surface area contributed by atoms with Crippen molar-refractivity contribution >= 4 is 11.9 Å². The first-order valence-electron chi connectivity index (χ1n) is 5.46. The Bertz CT molecular complexity index is 319. The van der Waals surface area contributed by atoms with Gasteiger partial charge in [-0.15, -0.1) is 0 Å². The number of amides is 3. The molecule has 15 heavy (non-hydrogen) atoms. The van der Waals surface area contributed by atoms with Gasteiger partial charge in [0, 0.05) is 32.1 Å². The number of nitrogens with one attached hydrogen (secondary N) is 1. The van der Waals surface area contributed by atoms with Gasteiger partial charge in [-0.25, -0.2) is 4.79 Å². The van der Waals surface area contributed by atoms with Crippen molar-refractivity contribution < 1.29 is 14.3 Å². The third kappa shape index (κ3) is 1.26. The topological polar surface area (TPSA) is 58.6 Å². The summed E-state index contributed by atoms with van der Waals surface area (Å²) in [5.41, 5.74) is -0.641. The highest BCUT2D eigenvalue weighted by Crippen LogP contribution is 2.35. The highest BCUT2D eigenvalue weighted by molar-refractivity contribution is 6.07. The van der Waals surface area contributed by atoms with Gasteiger partial charge in [-0.1, -0.05) is 0 Å². The fraction of sp³-hybridized carbons (Fsp3) is 0.800. The van der Waals surface area contributed by atoms with Crippen molar-refractivity contribution in [3.63, 3.8) is 0 Å². The molecule has 0 aromatic heterocycles. The number of carbonyl (C=O) groups is 2. The highest BCUT2D eigenvalue weighted by Gasteiger charge is 2.55. The molecule has 0 aromatic rings. The molecule has 0 radical (unpaired) electrons. The smallest absolute Gasteiger partial charge is 0.325 e. The summed E-state index contributed by atoms with van der Waals surface area (Å²) in [7, 11) is 0. The normalized spacial score (nSPS) is 29.7. The predicted octanol–water partition coefficient (Wildman–Crippen LogP) is 0.250. The van der Waals surface area contributed by atoms with Gasteiger partial charge in [-0.2, -0.15) is 0 Å².